The maximum Gasteiger partial charge on any atom is 0.284 e. The Morgan fingerprint density at radius 3 is 2.11 bits per heavy atom. The summed E-state index contributed by atoms with van der Waals surface area (Å²) in [6.45, 7) is 0. The standard InChI is InChI=1S/C11H10N2O4S/c12-11(14)10-6-5-9(17-10)7-1-3-8(4-2-7)18(13,15)16/h1-6H,(H2,12,14)(H2,13,15,16). The van der Waals surface area contributed by atoms with Gasteiger partial charge < -0.3 is 10.2 Å². The van der Waals surface area contributed by atoms with Crippen molar-refractivity contribution >= 4 is 15.9 Å². The molecule has 2 rings (SSSR count). The van der Waals surface area contributed by atoms with Gasteiger partial charge in [0.25, 0.3) is 5.91 Å². The molecule has 2 aromatic rings. The number of rotatable bonds is 3. The van der Waals surface area contributed by atoms with E-state index in [0.29, 0.717) is 11.3 Å². The molecule has 0 bridgehead atoms. The highest BCUT2D eigenvalue weighted by Crippen LogP contribution is 2.23. The molecule has 1 amide bonds. The van der Waals surface area contributed by atoms with Gasteiger partial charge in [0.05, 0.1) is 4.90 Å². The van der Waals surface area contributed by atoms with E-state index in [4.69, 9.17) is 15.3 Å². The van der Waals surface area contributed by atoms with Crippen molar-refractivity contribution < 1.29 is 17.6 Å². The minimum absolute atomic E-state index is 0.00734. The lowest BCUT2D eigenvalue weighted by Crippen LogP contribution is -2.11. The first-order valence-corrected chi connectivity index (χ1v) is 6.45. The summed E-state index contributed by atoms with van der Waals surface area (Å²) in [4.78, 5) is 10.9. The third-order valence-corrected chi connectivity index (χ3v) is 3.25. The number of hydrogen-bond donors (Lipinski definition) is 2. The molecule has 7 heteroatoms. The maximum atomic E-state index is 11.1. The maximum absolute atomic E-state index is 11.1. The number of sulfonamides is 1. The van der Waals surface area contributed by atoms with Gasteiger partial charge in [-0.2, -0.15) is 0 Å². The van der Waals surface area contributed by atoms with Crippen molar-refractivity contribution in [2.45, 2.75) is 4.90 Å². The SMILES string of the molecule is NC(=O)c1ccc(-c2ccc(S(N)(=O)=O)cc2)o1. The van der Waals surface area contributed by atoms with E-state index in [2.05, 4.69) is 0 Å². The van der Waals surface area contributed by atoms with Crippen molar-refractivity contribution in [1.29, 1.82) is 0 Å². The fourth-order valence-electron chi connectivity index (χ4n) is 1.43. The number of furan rings is 1. The lowest BCUT2D eigenvalue weighted by atomic mass is 10.2. The highest BCUT2D eigenvalue weighted by Gasteiger charge is 2.11. The van der Waals surface area contributed by atoms with Crippen molar-refractivity contribution in [3.8, 4) is 11.3 Å². The van der Waals surface area contributed by atoms with E-state index in [1.807, 2.05) is 0 Å². The van der Waals surface area contributed by atoms with Crippen LogP contribution in [-0.4, -0.2) is 14.3 Å². The molecule has 0 atom stereocenters. The number of carbonyl (C=O) groups is 1. The molecule has 94 valence electrons. The zero-order chi connectivity index (χ0) is 13.3. The summed E-state index contributed by atoms with van der Waals surface area (Å²) < 4.78 is 27.3. The van der Waals surface area contributed by atoms with E-state index >= 15 is 0 Å². The molecule has 0 radical (unpaired) electrons. The number of nitrogens with two attached hydrogens (primary N) is 2. The molecular formula is C11H10N2O4S. The number of amides is 1. The average Bonchev–Trinajstić information content (AvgIpc) is 2.77. The van der Waals surface area contributed by atoms with Crippen LogP contribution in [0, 0.1) is 0 Å². The van der Waals surface area contributed by atoms with Gasteiger partial charge in [0.15, 0.2) is 5.76 Å². The van der Waals surface area contributed by atoms with Gasteiger partial charge in [-0.25, -0.2) is 13.6 Å². The van der Waals surface area contributed by atoms with Gasteiger partial charge in [-0.1, -0.05) is 0 Å². The molecule has 0 fully saturated rings. The van der Waals surface area contributed by atoms with Crippen LogP contribution in [0.1, 0.15) is 10.6 Å². The van der Waals surface area contributed by atoms with Gasteiger partial charge in [-0.05, 0) is 36.4 Å². The number of benzene rings is 1. The molecule has 0 aliphatic carbocycles. The van der Waals surface area contributed by atoms with E-state index in [1.54, 1.807) is 6.07 Å². The average molecular weight is 266 g/mol. The molecule has 1 aromatic carbocycles. The Hall–Kier alpha value is -2.12. The third kappa shape index (κ3) is 2.41. The molecule has 0 aliphatic rings. The summed E-state index contributed by atoms with van der Waals surface area (Å²) >= 11 is 0. The number of carbonyl (C=O) groups excluding carboxylic acids is 1. The van der Waals surface area contributed by atoms with Crippen LogP contribution in [-0.2, 0) is 10.0 Å². The third-order valence-electron chi connectivity index (χ3n) is 2.32. The lowest BCUT2D eigenvalue weighted by Gasteiger charge is -2.00. The molecule has 1 heterocycles. The van der Waals surface area contributed by atoms with E-state index in [0.717, 1.165) is 0 Å². The quantitative estimate of drug-likeness (QED) is 0.850. The number of primary sulfonamides is 1. The summed E-state index contributed by atoms with van der Waals surface area (Å²) in [7, 11) is -3.71. The van der Waals surface area contributed by atoms with Crippen LogP contribution >= 0.6 is 0 Å². The first kappa shape index (κ1) is 12.3. The van der Waals surface area contributed by atoms with Crippen LogP contribution in [0.5, 0.6) is 0 Å². The summed E-state index contributed by atoms with van der Waals surface area (Å²) in [5.74, 6) is -0.201. The van der Waals surface area contributed by atoms with Gasteiger partial charge in [0, 0.05) is 5.56 Å². The van der Waals surface area contributed by atoms with E-state index in [1.165, 1.54) is 30.3 Å². The van der Waals surface area contributed by atoms with Crippen LogP contribution in [0.25, 0.3) is 11.3 Å². The molecule has 0 saturated heterocycles. The molecule has 18 heavy (non-hydrogen) atoms. The smallest absolute Gasteiger partial charge is 0.284 e. The Kier molecular flexibility index (Phi) is 2.93. The Morgan fingerprint density at radius 1 is 1.06 bits per heavy atom. The lowest BCUT2D eigenvalue weighted by molar-refractivity contribution is 0.0974. The van der Waals surface area contributed by atoms with Crippen LogP contribution < -0.4 is 10.9 Å². The molecule has 1 aromatic heterocycles. The molecule has 6 nitrogen and oxygen atoms in total. The summed E-state index contributed by atoms with van der Waals surface area (Å²) in [6.07, 6.45) is 0. The fourth-order valence-corrected chi connectivity index (χ4v) is 1.95. The molecule has 4 N–H and O–H groups in total. The topological polar surface area (TPSA) is 116 Å². The number of hydrogen-bond acceptors (Lipinski definition) is 4. The summed E-state index contributed by atoms with van der Waals surface area (Å²) in [6, 6.07) is 8.80. The molecule has 0 unspecified atom stereocenters. The largest absolute Gasteiger partial charge is 0.451 e. The van der Waals surface area contributed by atoms with Gasteiger partial charge >= 0.3 is 0 Å². The Labute approximate surface area is 103 Å². The van der Waals surface area contributed by atoms with Crippen LogP contribution in [0.3, 0.4) is 0 Å². The zero-order valence-corrected chi connectivity index (χ0v) is 9.98. The van der Waals surface area contributed by atoms with Crippen LogP contribution in [0.4, 0.5) is 0 Å². The predicted octanol–water partition coefficient (Wildman–Crippen LogP) is 0.693. The molecule has 0 saturated carbocycles. The molecule has 0 spiro atoms. The second kappa shape index (κ2) is 4.28. The number of primary amides is 1. The van der Waals surface area contributed by atoms with Gasteiger partial charge in [0.2, 0.25) is 10.0 Å². The van der Waals surface area contributed by atoms with Crippen LogP contribution in [0.2, 0.25) is 0 Å². The van der Waals surface area contributed by atoms with E-state index in [9.17, 15) is 13.2 Å². The van der Waals surface area contributed by atoms with Gasteiger partial charge in [0.1, 0.15) is 5.76 Å². The Morgan fingerprint density at radius 2 is 1.67 bits per heavy atom. The monoisotopic (exact) mass is 266 g/mol. The molecular weight excluding hydrogens is 256 g/mol. The van der Waals surface area contributed by atoms with Gasteiger partial charge in [-0.15, -0.1) is 0 Å². The highest BCUT2D eigenvalue weighted by molar-refractivity contribution is 7.89. The van der Waals surface area contributed by atoms with E-state index < -0.39 is 15.9 Å². The fraction of sp³-hybridized carbons (Fsp3) is 0. The van der Waals surface area contributed by atoms with Crippen molar-refractivity contribution in [1.82, 2.24) is 0 Å². The van der Waals surface area contributed by atoms with Crippen molar-refractivity contribution in [2.75, 3.05) is 0 Å². The second-order valence-corrected chi connectivity index (χ2v) is 5.16. The van der Waals surface area contributed by atoms with Crippen molar-refractivity contribution in [2.24, 2.45) is 10.9 Å². The minimum Gasteiger partial charge on any atom is -0.451 e. The summed E-state index contributed by atoms with van der Waals surface area (Å²) in [5.41, 5.74) is 5.68. The first-order valence-electron chi connectivity index (χ1n) is 4.91. The highest BCUT2D eigenvalue weighted by atomic mass is 32.2. The molecule has 0 aliphatic heterocycles. The Balaban J connectivity index is 2.37. The van der Waals surface area contributed by atoms with Gasteiger partial charge in [-0.3, -0.25) is 4.79 Å². The second-order valence-electron chi connectivity index (χ2n) is 3.60. The zero-order valence-electron chi connectivity index (χ0n) is 9.16. The van der Waals surface area contributed by atoms with E-state index in [-0.39, 0.29) is 10.7 Å². The normalized spacial score (nSPS) is 11.4. The summed E-state index contributed by atoms with van der Waals surface area (Å²) in [5, 5.41) is 4.98. The van der Waals surface area contributed by atoms with Crippen molar-refractivity contribution in [3.63, 3.8) is 0 Å². The Bertz CT molecular complexity index is 686. The van der Waals surface area contributed by atoms with Crippen molar-refractivity contribution in [3.05, 3.63) is 42.2 Å². The minimum atomic E-state index is -3.71. The predicted molar refractivity (Wildman–Crippen MR) is 64.0 cm³/mol. The first-order chi connectivity index (χ1) is 8.38. The van der Waals surface area contributed by atoms with Crippen LogP contribution in [0.15, 0.2) is 45.7 Å².